The number of halogens is 3. The van der Waals surface area contributed by atoms with E-state index in [-0.39, 0.29) is 0 Å². The molecule has 0 saturated heterocycles. The third-order valence-corrected chi connectivity index (χ3v) is 3.00. The highest BCUT2D eigenvalue weighted by molar-refractivity contribution is 5.45. The second kappa shape index (κ2) is 6.03. The van der Waals surface area contributed by atoms with Crippen LogP contribution in [-0.2, 0) is 19.3 Å². The molecule has 0 saturated carbocycles. The molecule has 2 aromatic rings. The molecule has 0 aliphatic heterocycles. The maximum Gasteiger partial charge on any atom is 0.416 e. The van der Waals surface area contributed by atoms with Gasteiger partial charge in [-0.3, -0.25) is 0 Å². The minimum Gasteiger partial charge on any atom is -0.381 e. The topological polar surface area (TPSA) is 17.0 Å². The van der Waals surface area contributed by atoms with E-state index in [0.29, 0.717) is 12.2 Å². The summed E-state index contributed by atoms with van der Waals surface area (Å²) < 4.78 is 39.4. The fourth-order valence-electron chi connectivity index (χ4n) is 1.97. The van der Waals surface area contributed by atoms with Gasteiger partial charge in [-0.1, -0.05) is 6.92 Å². The first kappa shape index (κ1) is 14.5. The summed E-state index contributed by atoms with van der Waals surface area (Å²) in [5.74, 6) is 0. The van der Waals surface area contributed by atoms with Gasteiger partial charge in [-0.2, -0.15) is 13.2 Å². The number of nitrogens with zero attached hydrogens (tertiary/aromatic N) is 1. The van der Waals surface area contributed by atoms with E-state index in [9.17, 15) is 13.2 Å². The summed E-state index contributed by atoms with van der Waals surface area (Å²) in [6, 6.07) is 7.08. The first-order chi connectivity index (χ1) is 9.49. The van der Waals surface area contributed by atoms with Gasteiger partial charge < -0.3 is 9.88 Å². The number of alkyl halides is 3. The summed E-state index contributed by atoms with van der Waals surface area (Å²) in [4.78, 5) is 0. The Balaban J connectivity index is 1.93. The zero-order chi connectivity index (χ0) is 14.6. The number of hydrogen-bond acceptors (Lipinski definition) is 1. The third-order valence-electron chi connectivity index (χ3n) is 3.00. The molecule has 0 radical (unpaired) electrons. The maximum absolute atomic E-state index is 12.4. The molecule has 2 nitrogen and oxygen atoms in total. The Bertz CT molecular complexity index is 541. The number of nitrogens with one attached hydrogen (secondary N) is 1. The van der Waals surface area contributed by atoms with Gasteiger partial charge in [0.15, 0.2) is 0 Å². The van der Waals surface area contributed by atoms with Crippen molar-refractivity contribution in [1.82, 2.24) is 4.57 Å². The molecule has 0 spiro atoms. The Labute approximate surface area is 116 Å². The van der Waals surface area contributed by atoms with Crippen molar-refractivity contribution in [1.29, 1.82) is 0 Å². The van der Waals surface area contributed by atoms with Crippen molar-refractivity contribution >= 4 is 5.69 Å². The highest BCUT2D eigenvalue weighted by atomic mass is 19.4. The summed E-state index contributed by atoms with van der Waals surface area (Å²) in [5, 5.41) is 3.11. The van der Waals surface area contributed by atoms with E-state index in [4.69, 9.17) is 0 Å². The normalized spacial score (nSPS) is 11.6. The smallest absolute Gasteiger partial charge is 0.381 e. The van der Waals surface area contributed by atoms with Crippen molar-refractivity contribution in [3.05, 3.63) is 53.9 Å². The van der Waals surface area contributed by atoms with Crippen LogP contribution in [0.25, 0.3) is 0 Å². The predicted octanol–water partition coefficient (Wildman–Crippen LogP) is 4.53. The standard InChI is InChI=1S/C15H17F3N2/c1-2-8-20-9-7-12(11-20)10-19-14-5-3-13(4-6-14)15(16,17)18/h3-7,9,11,19H,2,8,10H2,1H3. The summed E-state index contributed by atoms with van der Waals surface area (Å²) >= 11 is 0. The fraction of sp³-hybridized carbons (Fsp3) is 0.333. The van der Waals surface area contributed by atoms with E-state index in [0.717, 1.165) is 30.7 Å². The molecule has 108 valence electrons. The van der Waals surface area contributed by atoms with Crippen LogP contribution in [0.15, 0.2) is 42.7 Å². The molecule has 0 amide bonds. The molecule has 5 heteroatoms. The van der Waals surface area contributed by atoms with Crippen LogP contribution in [0.2, 0.25) is 0 Å². The lowest BCUT2D eigenvalue weighted by Crippen LogP contribution is -2.05. The number of rotatable bonds is 5. The predicted molar refractivity (Wildman–Crippen MR) is 73.5 cm³/mol. The summed E-state index contributed by atoms with van der Waals surface area (Å²) in [6.45, 7) is 3.68. The van der Waals surface area contributed by atoms with Gasteiger partial charge in [0.25, 0.3) is 0 Å². The van der Waals surface area contributed by atoms with Crippen LogP contribution in [0.1, 0.15) is 24.5 Å². The van der Waals surface area contributed by atoms with E-state index in [1.54, 1.807) is 0 Å². The molecule has 0 bridgehead atoms. The maximum atomic E-state index is 12.4. The molecule has 0 aliphatic rings. The van der Waals surface area contributed by atoms with E-state index < -0.39 is 11.7 Å². The third kappa shape index (κ3) is 3.79. The van der Waals surface area contributed by atoms with Gasteiger partial charge in [0.2, 0.25) is 0 Å². The molecule has 1 aromatic carbocycles. The van der Waals surface area contributed by atoms with Crippen molar-refractivity contribution in [3.63, 3.8) is 0 Å². The molecule has 0 aliphatic carbocycles. The second-order valence-electron chi connectivity index (χ2n) is 4.69. The van der Waals surface area contributed by atoms with Gasteiger partial charge in [0, 0.05) is 31.2 Å². The molecule has 0 atom stereocenters. The largest absolute Gasteiger partial charge is 0.416 e. The number of benzene rings is 1. The molecule has 20 heavy (non-hydrogen) atoms. The first-order valence-electron chi connectivity index (χ1n) is 6.55. The van der Waals surface area contributed by atoms with Gasteiger partial charge in [0.05, 0.1) is 5.56 Å². The van der Waals surface area contributed by atoms with Crippen LogP contribution >= 0.6 is 0 Å². The van der Waals surface area contributed by atoms with Gasteiger partial charge in [-0.15, -0.1) is 0 Å². The SMILES string of the molecule is CCCn1ccc(CNc2ccc(C(F)(F)F)cc2)c1. The monoisotopic (exact) mass is 282 g/mol. The van der Waals surface area contributed by atoms with Gasteiger partial charge in [-0.25, -0.2) is 0 Å². The highest BCUT2D eigenvalue weighted by Crippen LogP contribution is 2.29. The number of anilines is 1. The Hall–Kier alpha value is -1.91. The zero-order valence-corrected chi connectivity index (χ0v) is 11.2. The molecular weight excluding hydrogens is 265 g/mol. The second-order valence-corrected chi connectivity index (χ2v) is 4.69. The molecule has 1 aromatic heterocycles. The van der Waals surface area contributed by atoms with Gasteiger partial charge >= 0.3 is 6.18 Å². The lowest BCUT2D eigenvalue weighted by Gasteiger charge is -2.09. The quantitative estimate of drug-likeness (QED) is 0.852. The lowest BCUT2D eigenvalue weighted by molar-refractivity contribution is -0.137. The van der Waals surface area contributed by atoms with Crippen LogP contribution in [-0.4, -0.2) is 4.57 Å². The Morgan fingerprint density at radius 3 is 2.40 bits per heavy atom. The lowest BCUT2D eigenvalue weighted by atomic mass is 10.2. The van der Waals surface area contributed by atoms with Crippen LogP contribution in [0, 0.1) is 0 Å². The summed E-state index contributed by atoms with van der Waals surface area (Å²) in [7, 11) is 0. The van der Waals surface area contributed by atoms with Crippen molar-refractivity contribution in [2.24, 2.45) is 0 Å². The average molecular weight is 282 g/mol. The molecule has 1 heterocycles. The molecule has 0 unspecified atom stereocenters. The number of aryl methyl sites for hydroxylation is 1. The number of hydrogen-bond donors (Lipinski definition) is 1. The van der Waals surface area contributed by atoms with E-state index in [1.165, 1.54) is 12.1 Å². The Morgan fingerprint density at radius 2 is 1.80 bits per heavy atom. The van der Waals surface area contributed by atoms with Crippen LogP contribution < -0.4 is 5.32 Å². The first-order valence-corrected chi connectivity index (χ1v) is 6.55. The fourth-order valence-corrected chi connectivity index (χ4v) is 1.97. The van der Waals surface area contributed by atoms with Crippen molar-refractivity contribution in [2.75, 3.05) is 5.32 Å². The molecule has 1 N–H and O–H groups in total. The Morgan fingerprint density at radius 1 is 1.10 bits per heavy atom. The highest BCUT2D eigenvalue weighted by Gasteiger charge is 2.29. The summed E-state index contributed by atoms with van der Waals surface area (Å²) in [6.07, 6.45) is 0.838. The Kier molecular flexibility index (Phi) is 4.37. The van der Waals surface area contributed by atoms with Crippen LogP contribution in [0.5, 0.6) is 0 Å². The van der Waals surface area contributed by atoms with Crippen molar-refractivity contribution < 1.29 is 13.2 Å². The van der Waals surface area contributed by atoms with Crippen molar-refractivity contribution in [3.8, 4) is 0 Å². The van der Waals surface area contributed by atoms with E-state index in [1.807, 2.05) is 18.5 Å². The summed E-state index contributed by atoms with van der Waals surface area (Å²) in [5.41, 5.74) is 1.16. The van der Waals surface area contributed by atoms with Gasteiger partial charge in [0.1, 0.15) is 0 Å². The molecule has 2 rings (SSSR count). The zero-order valence-electron chi connectivity index (χ0n) is 11.2. The van der Waals surface area contributed by atoms with Gasteiger partial charge in [-0.05, 0) is 42.3 Å². The number of aromatic nitrogens is 1. The average Bonchev–Trinajstić information content (AvgIpc) is 2.84. The van der Waals surface area contributed by atoms with Crippen molar-refractivity contribution in [2.45, 2.75) is 32.6 Å². The van der Waals surface area contributed by atoms with Crippen LogP contribution in [0.4, 0.5) is 18.9 Å². The van der Waals surface area contributed by atoms with E-state index >= 15 is 0 Å². The molecule has 0 fully saturated rings. The molecular formula is C15H17F3N2. The minimum atomic E-state index is -4.28. The minimum absolute atomic E-state index is 0.599. The van der Waals surface area contributed by atoms with Crippen LogP contribution in [0.3, 0.4) is 0 Å². The van der Waals surface area contributed by atoms with E-state index in [2.05, 4.69) is 16.8 Å².